The molecular formula is C20H41NO. The van der Waals surface area contributed by atoms with Crippen LogP contribution in [-0.4, -0.2) is 24.4 Å². The van der Waals surface area contributed by atoms with Gasteiger partial charge in [0.25, 0.3) is 0 Å². The number of amides is 1. The van der Waals surface area contributed by atoms with Crippen LogP contribution in [0.15, 0.2) is 0 Å². The van der Waals surface area contributed by atoms with Crippen LogP contribution >= 0.6 is 0 Å². The van der Waals surface area contributed by atoms with E-state index in [1.54, 1.807) is 0 Å². The first kappa shape index (κ1) is 21.5. The molecule has 0 rings (SSSR count). The summed E-state index contributed by atoms with van der Waals surface area (Å²) in [6, 6.07) is 0. The molecule has 22 heavy (non-hydrogen) atoms. The molecule has 0 aromatic heterocycles. The van der Waals surface area contributed by atoms with Gasteiger partial charge in [-0.1, -0.05) is 91.4 Å². The molecule has 0 spiro atoms. The van der Waals surface area contributed by atoms with Crippen LogP contribution in [0, 0.1) is 5.92 Å². The van der Waals surface area contributed by atoms with Gasteiger partial charge in [0.05, 0.1) is 0 Å². The molecule has 0 aromatic rings. The van der Waals surface area contributed by atoms with E-state index in [0.717, 1.165) is 19.4 Å². The fourth-order valence-corrected chi connectivity index (χ4v) is 2.85. The van der Waals surface area contributed by atoms with Gasteiger partial charge in [-0.15, -0.1) is 0 Å². The minimum atomic E-state index is 0.183. The van der Waals surface area contributed by atoms with Crippen LogP contribution < -0.4 is 0 Å². The SMILES string of the molecule is CCCCCCCCCCCCCCN(C)C(=O)C(C)CC. The van der Waals surface area contributed by atoms with Gasteiger partial charge in [0.2, 0.25) is 5.91 Å². The molecule has 0 aliphatic rings. The van der Waals surface area contributed by atoms with Crippen LogP contribution in [-0.2, 0) is 4.79 Å². The lowest BCUT2D eigenvalue weighted by Crippen LogP contribution is -2.32. The van der Waals surface area contributed by atoms with E-state index in [1.807, 2.05) is 18.9 Å². The molecular weight excluding hydrogens is 270 g/mol. The van der Waals surface area contributed by atoms with Crippen molar-refractivity contribution in [1.82, 2.24) is 4.90 Å². The Morgan fingerprint density at radius 2 is 1.18 bits per heavy atom. The largest absolute Gasteiger partial charge is 0.346 e. The molecule has 0 radical (unpaired) electrons. The summed E-state index contributed by atoms with van der Waals surface area (Å²) in [5, 5.41) is 0. The molecule has 0 aliphatic heterocycles. The normalized spacial score (nSPS) is 12.4. The summed E-state index contributed by atoms with van der Waals surface area (Å²) in [7, 11) is 1.95. The predicted molar refractivity (Wildman–Crippen MR) is 98.2 cm³/mol. The first-order valence-corrected chi connectivity index (χ1v) is 9.88. The molecule has 0 saturated heterocycles. The van der Waals surface area contributed by atoms with Crippen molar-refractivity contribution in [3.63, 3.8) is 0 Å². The summed E-state index contributed by atoms with van der Waals surface area (Å²) < 4.78 is 0. The minimum Gasteiger partial charge on any atom is -0.346 e. The number of nitrogens with zero attached hydrogens (tertiary/aromatic N) is 1. The van der Waals surface area contributed by atoms with E-state index >= 15 is 0 Å². The predicted octanol–water partition coefficient (Wildman–Crippen LogP) is 6.19. The van der Waals surface area contributed by atoms with Gasteiger partial charge in [0.15, 0.2) is 0 Å². The molecule has 0 aliphatic carbocycles. The summed E-state index contributed by atoms with van der Waals surface area (Å²) in [6.07, 6.45) is 17.4. The summed E-state index contributed by atoms with van der Waals surface area (Å²) in [6.45, 7) is 7.32. The first-order valence-electron chi connectivity index (χ1n) is 9.88. The molecule has 1 unspecified atom stereocenters. The maximum absolute atomic E-state index is 11.9. The molecule has 1 atom stereocenters. The Morgan fingerprint density at radius 1 is 0.773 bits per heavy atom. The van der Waals surface area contributed by atoms with E-state index in [0.29, 0.717) is 5.91 Å². The van der Waals surface area contributed by atoms with Crippen LogP contribution in [0.25, 0.3) is 0 Å². The van der Waals surface area contributed by atoms with Crippen molar-refractivity contribution in [2.75, 3.05) is 13.6 Å². The molecule has 0 bridgehead atoms. The molecule has 0 heterocycles. The lowest BCUT2D eigenvalue weighted by atomic mass is 10.0. The first-order chi connectivity index (χ1) is 10.6. The van der Waals surface area contributed by atoms with Gasteiger partial charge < -0.3 is 4.90 Å². The Kier molecular flexibility index (Phi) is 15.0. The van der Waals surface area contributed by atoms with Gasteiger partial charge in [0, 0.05) is 19.5 Å². The fraction of sp³-hybridized carbons (Fsp3) is 0.950. The second kappa shape index (κ2) is 15.4. The third-order valence-corrected chi connectivity index (χ3v) is 4.76. The molecule has 1 amide bonds. The van der Waals surface area contributed by atoms with Crippen molar-refractivity contribution in [2.45, 2.75) is 104 Å². The summed E-state index contributed by atoms with van der Waals surface area (Å²) in [4.78, 5) is 13.9. The minimum absolute atomic E-state index is 0.183. The van der Waals surface area contributed by atoms with Crippen LogP contribution in [0.1, 0.15) is 104 Å². The van der Waals surface area contributed by atoms with Crippen LogP contribution in [0.4, 0.5) is 0 Å². The number of hydrogen-bond acceptors (Lipinski definition) is 1. The van der Waals surface area contributed by atoms with E-state index in [2.05, 4.69) is 13.8 Å². The van der Waals surface area contributed by atoms with Gasteiger partial charge in [-0.05, 0) is 12.8 Å². The van der Waals surface area contributed by atoms with Crippen molar-refractivity contribution in [2.24, 2.45) is 5.92 Å². The van der Waals surface area contributed by atoms with Gasteiger partial charge in [0.1, 0.15) is 0 Å². The highest BCUT2D eigenvalue weighted by Crippen LogP contribution is 2.12. The Morgan fingerprint density at radius 3 is 1.59 bits per heavy atom. The van der Waals surface area contributed by atoms with E-state index in [1.165, 1.54) is 70.6 Å². The molecule has 2 nitrogen and oxygen atoms in total. The summed E-state index contributed by atoms with van der Waals surface area (Å²) in [5.74, 6) is 0.493. The van der Waals surface area contributed by atoms with Crippen molar-refractivity contribution in [3.8, 4) is 0 Å². The number of hydrogen-bond donors (Lipinski definition) is 0. The topological polar surface area (TPSA) is 20.3 Å². The number of rotatable bonds is 15. The Labute approximate surface area is 140 Å². The van der Waals surface area contributed by atoms with Crippen molar-refractivity contribution >= 4 is 5.91 Å². The molecule has 0 aromatic carbocycles. The van der Waals surface area contributed by atoms with Gasteiger partial charge in [-0.2, -0.15) is 0 Å². The Bertz CT molecular complexity index is 252. The third-order valence-electron chi connectivity index (χ3n) is 4.76. The second-order valence-electron chi connectivity index (χ2n) is 6.96. The summed E-state index contributed by atoms with van der Waals surface area (Å²) in [5.41, 5.74) is 0. The molecule has 0 fully saturated rings. The van der Waals surface area contributed by atoms with E-state index < -0.39 is 0 Å². The number of unbranched alkanes of at least 4 members (excludes halogenated alkanes) is 11. The molecule has 0 N–H and O–H groups in total. The van der Waals surface area contributed by atoms with Crippen LogP contribution in [0.2, 0.25) is 0 Å². The lowest BCUT2D eigenvalue weighted by Gasteiger charge is -2.20. The highest BCUT2D eigenvalue weighted by Gasteiger charge is 2.14. The number of carbonyl (C=O) groups is 1. The Balaban J connectivity index is 3.28. The van der Waals surface area contributed by atoms with Crippen molar-refractivity contribution in [1.29, 1.82) is 0 Å². The maximum atomic E-state index is 11.9. The van der Waals surface area contributed by atoms with Crippen LogP contribution in [0.3, 0.4) is 0 Å². The third kappa shape index (κ3) is 12.1. The molecule has 132 valence electrons. The molecule has 0 saturated carbocycles. The smallest absolute Gasteiger partial charge is 0.225 e. The molecule has 2 heteroatoms. The lowest BCUT2D eigenvalue weighted by molar-refractivity contribution is -0.133. The number of carbonyl (C=O) groups excluding carboxylic acids is 1. The average Bonchev–Trinajstić information content (AvgIpc) is 2.54. The summed E-state index contributed by atoms with van der Waals surface area (Å²) >= 11 is 0. The second-order valence-corrected chi connectivity index (χ2v) is 6.96. The van der Waals surface area contributed by atoms with Crippen molar-refractivity contribution in [3.05, 3.63) is 0 Å². The van der Waals surface area contributed by atoms with Gasteiger partial charge in [-0.3, -0.25) is 4.79 Å². The monoisotopic (exact) mass is 311 g/mol. The zero-order valence-corrected chi connectivity index (χ0v) is 15.8. The average molecular weight is 312 g/mol. The standard InChI is InChI=1S/C20H41NO/c1-5-7-8-9-10-11-12-13-14-15-16-17-18-21(4)20(22)19(3)6-2/h19H,5-18H2,1-4H3. The van der Waals surface area contributed by atoms with Crippen molar-refractivity contribution < 1.29 is 4.79 Å². The van der Waals surface area contributed by atoms with E-state index in [-0.39, 0.29) is 5.92 Å². The Hall–Kier alpha value is -0.530. The van der Waals surface area contributed by atoms with E-state index in [9.17, 15) is 4.79 Å². The zero-order chi connectivity index (χ0) is 16.6. The quantitative estimate of drug-likeness (QED) is 0.330. The van der Waals surface area contributed by atoms with E-state index in [4.69, 9.17) is 0 Å². The zero-order valence-electron chi connectivity index (χ0n) is 15.8. The van der Waals surface area contributed by atoms with Gasteiger partial charge in [-0.25, -0.2) is 0 Å². The highest BCUT2D eigenvalue weighted by molar-refractivity contribution is 5.78. The highest BCUT2D eigenvalue weighted by atomic mass is 16.2. The fourth-order valence-electron chi connectivity index (χ4n) is 2.85. The van der Waals surface area contributed by atoms with Crippen LogP contribution in [0.5, 0.6) is 0 Å². The maximum Gasteiger partial charge on any atom is 0.225 e. The van der Waals surface area contributed by atoms with Gasteiger partial charge >= 0.3 is 0 Å².